The van der Waals surface area contributed by atoms with Crippen LogP contribution in [0.3, 0.4) is 0 Å². The average molecular weight is 437 g/mol. The molecule has 1 aliphatic rings. The molecule has 162 valence electrons. The van der Waals surface area contributed by atoms with Gasteiger partial charge in [0.25, 0.3) is 0 Å². The van der Waals surface area contributed by atoms with Crippen LogP contribution >= 0.6 is 0 Å². The fraction of sp³-hybridized carbons (Fsp3) is 0.280. The van der Waals surface area contributed by atoms with Crippen molar-refractivity contribution in [1.29, 1.82) is 0 Å². The Hall–Kier alpha value is -2.83. The predicted octanol–water partition coefficient (Wildman–Crippen LogP) is 4.60. The second-order valence-electron chi connectivity index (χ2n) is 8.00. The van der Waals surface area contributed by atoms with Gasteiger partial charge in [-0.3, -0.25) is 4.79 Å². The van der Waals surface area contributed by atoms with Gasteiger partial charge in [-0.05, 0) is 55.5 Å². The lowest BCUT2D eigenvalue weighted by Gasteiger charge is -2.41. The zero-order valence-corrected chi connectivity index (χ0v) is 18.5. The number of benzene rings is 2. The van der Waals surface area contributed by atoms with Crippen molar-refractivity contribution >= 4 is 21.5 Å². The van der Waals surface area contributed by atoms with Crippen molar-refractivity contribution in [3.8, 4) is 0 Å². The van der Waals surface area contributed by atoms with Crippen LogP contribution in [-0.4, -0.2) is 26.8 Å². The first-order valence-corrected chi connectivity index (χ1v) is 12.2. The zero-order chi connectivity index (χ0) is 21.8. The van der Waals surface area contributed by atoms with Crippen molar-refractivity contribution in [2.24, 2.45) is 5.92 Å². The van der Waals surface area contributed by atoms with Gasteiger partial charge in [-0.2, -0.15) is 0 Å². The number of piperidine rings is 1. The number of carbonyl (C=O) groups is 1. The Labute approximate surface area is 184 Å². The number of rotatable bonds is 6. The van der Waals surface area contributed by atoms with Crippen LogP contribution in [0.4, 0.5) is 0 Å². The molecule has 0 saturated carbocycles. The van der Waals surface area contributed by atoms with Crippen LogP contribution in [-0.2, 0) is 14.5 Å². The molecule has 2 heterocycles. The third-order valence-corrected chi connectivity index (χ3v) is 8.08. The summed E-state index contributed by atoms with van der Waals surface area (Å²) in [5.74, 6) is 4.53. The number of amides is 1. The summed E-state index contributed by atoms with van der Waals surface area (Å²) in [5.41, 5.74) is 1.10. The molecule has 3 aromatic rings. The van der Waals surface area contributed by atoms with E-state index in [0.29, 0.717) is 17.2 Å². The molecule has 1 saturated heterocycles. The van der Waals surface area contributed by atoms with Crippen LogP contribution in [0, 0.1) is 5.92 Å². The first-order valence-electron chi connectivity index (χ1n) is 10.5. The Morgan fingerprint density at radius 2 is 1.74 bits per heavy atom. The maximum Gasteiger partial charge on any atom is 0.225 e. The van der Waals surface area contributed by atoms with E-state index in [1.54, 1.807) is 6.26 Å². The molecule has 6 heteroatoms. The SMILES string of the molecule is C=S(=O)(c1ccccc1)N1CC(C(=O)NC(C)c2ccco2)CCC1c1ccccc1. The molecule has 0 aliphatic carbocycles. The van der Waals surface area contributed by atoms with Crippen molar-refractivity contribution in [3.05, 3.63) is 90.4 Å². The number of hydrogen-bond donors (Lipinski definition) is 1. The van der Waals surface area contributed by atoms with E-state index in [2.05, 4.69) is 23.3 Å². The maximum absolute atomic E-state index is 14.0. The second-order valence-corrected chi connectivity index (χ2v) is 10.2. The lowest BCUT2D eigenvalue weighted by molar-refractivity contribution is -0.127. The van der Waals surface area contributed by atoms with Gasteiger partial charge in [0.2, 0.25) is 5.91 Å². The largest absolute Gasteiger partial charge is 0.467 e. The van der Waals surface area contributed by atoms with E-state index in [-0.39, 0.29) is 23.9 Å². The summed E-state index contributed by atoms with van der Waals surface area (Å²) in [6, 6.07) is 22.8. The van der Waals surface area contributed by atoms with Crippen molar-refractivity contribution < 1.29 is 13.4 Å². The minimum atomic E-state index is -2.76. The van der Waals surface area contributed by atoms with Crippen molar-refractivity contribution in [3.63, 3.8) is 0 Å². The third-order valence-electron chi connectivity index (χ3n) is 5.91. The van der Waals surface area contributed by atoms with Gasteiger partial charge in [0.15, 0.2) is 0 Å². The van der Waals surface area contributed by atoms with Gasteiger partial charge in [-0.1, -0.05) is 48.5 Å². The van der Waals surface area contributed by atoms with E-state index in [1.807, 2.05) is 71.9 Å². The minimum absolute atomic E-state index is 0.0522. The number of nitrogens with zero attached hydrogens (tertiary/aromatic N) is 1. The van der Waals surface area contributed by atoms with E-state index in [9.17, 15) is 9.00 Å². The maximum atomic E-state index is 14.0. The van der Waals surface area contributed by atoms with Gasteiger partial charge < -0.3 is 9.73 Å². The van der Waals surface area contributed by atoms with Gasteiger partial charge in [0.1, 0.15) is 5.76 Å². The minimum Gasteiger partial charge on any atom is -0.467 e. The van der Waals surface area contributed by atoms with E-state index in [0.717, 1.165) is 18.4 Å². The quantitative estimate of drug-likeness (QED) is 0.575. The lowest BCUT2D eigenvalue weighted by Crippen LogP contribution is -2.47. The van der Waals surface area contributed by atoms with E-state index in [4.69, 9.17) is 4.42 Å². The van der Waals surface area contributed by atoms with Gasteiger partial charge in [-0.15, -0.1) is 0 Å². The Balaban J connectivity index is 1.60. The van der Waals surface area contributed by atoms with E-state index >= 15 is 0 Å². The summed E-state index contributed by atoms with van der Waals surface area (Å²) in [4.78, 5) is 13.7. The van der Waals surface area contributed by atoms with Crippen molar-refractivity contribution in [2.75, 3.05) is 6.54 Å². The Bertz CT molecular complexity index is 1100. The molecule has 1 fully saturated rings. The normalized spacial score (nSPS) is 22.4. The number of nitrogens with one attached hydrogen (secondary N) is 1. The predicted molar refractivity (Wildman–Crippen MR) is 124 cm³/mol. The number of hydrogen-bond acceptors (Lipinski definition) is 3. The highest BCUT2D eigenvalue weighted by atomic mass is 32.2. The molecule has 0 radical (unpaired) electrons. The first-order chi connectivity index (χ1) is 15.0. The second kappa shape index (κ2) is 9.12. The highest BCUT2D eigenvalue weighted by Gasteiger charge is 2.37. The van der Waals surface area contributed by atoms with Crippen LogP contribution in [0.25, 0.3) is 0 Å². The first kappa shape index (κ1) is 21.4. The fourth-order valence-electron chi connectivity index (χ4n) is 4.20. The Kier molecular flexibility index (Phi) is 6.30. The molecule has 1 aromatic heterocycles. The molecule has 4 unspecified atom stereocenters. The summed E-state index contributed by atoms with van der Waals surface area (Å²) in [6.45, 7) is 2.28. The summed E-state index contributed by atoms with van der Waals surface area (Å²) in [7, 11) is -2.76. The molecule has 1 amide bonds. The number of furan rings is 1. The lowest BCUT2D eigenvalue weighted by atomic mass is 9.90. The Morgan fingerprint density at radius 3 is 2.39 bits per heavy atom. The molecule has 5 nitrogen and oxygen atoms in total. The highest BCUT2D eigenvalue weighted by Crippen LogP contribution is 2.37. The van der Waals surface area contributed by atoms with Crippen molar-refractivity contribution in [2.45, 2.75) is 36.7 Å². The van der Waals surface area contributed by atoms with Gasteiger partial charge in [-0.25, -0.2) is 8.51 Å². The summed E-state index contributed by atoms with van der Waals surface area (Å²) >= 11 is 0. The molecular formula is C25H28N2O3S. The molecule has 4 rings (SSSR count). The molecule has 0 bridgehead atoms. The molecule has 0 spiro atoms. The van der Waals surface area contributed by atoms with Crippen LogP contribution in [0.1, 0.15) is 43.2 Å². The van der Waals surface area contributed by atoms with Gasteiger partial charge in [0, 0.05) is 17.5 Å². The van der Waals surface area contributed by atoms with Gasteiger partial charge >= 0.3 is 0 Å². The fourth-order valence-corrected chi connectivity index (χ4v) is 6.11. The molecule has 2 aromatic carbocycles. The molecule has 4 atom stereocenters. The number of carbonyl (C=O) groups excluding carboxylic acids is 1. The zero-order valence-electron chi connectivity index (χ0n) is 17.6. The summed E-state index contributed by atoms with van der Waals surface area (Å²) in [6.07, 6.45) is 3.05. The highest BCUT2D eigenvalue weighted by molar-refractivity contribution is 7.98. The standard InChI is InChI=1S/C25H28N2O3S/c1-19(24-14-9-17-30-24)26-25(28)21-15-16-23(20-10-5-3-6-11-20)27(18-21)31(2,29)22-12-7-4-8-13-22/h3-14,17,19,21,23H,2,15-16,18H2,1H3,(H,26,28). The topological polar surface area (TPSA) is 62.6 Å². The average Bonchev–Trinajstić information content (AvgIpc) is 3.35. The smallest absolute Gasteiger partial charge is 0.225 e. The summed E-state index contributed by atoms with van der Waals surface area (Å²) < 4.78 is 21.3. The molecule has 1 N–H and O–H groups in total. The third kappa shape index (κ3) is 4.60. The Morgan fingerprint density at radius 1 is 1.06 bits per heavy atom. The van der Waals surface area contributed by atoms with Crippen LogP contribution in [0.5, 0.6) is 0 Å². The van der Waals surface area contributed by atoms with Gasteiger partial charge in [0.05, 0.1) is 27.9 Å². The molecule has 31 heavy (non-hydrogen) atoms. The van der Waals surface area contributed by atoms with E-state index < -0.39 is 9.71 Å². The molecular weight excluding hydrogens is 408 g/mol. The monoisotopic (exact) mass is 436 g/mol. The van der Waals surface area contributed by atoms with E-state index in [1.165, 1.54) is 0 Å². The molecule has 1 aliphatic heterocycles. The van der Waals surface area contributed by atoms with Crippen molar-refractivity contribution in [1.82, 2.24) is 9.62 Å². The summed E-state index contributed by atoms with van der Waals surface area (Å²) in [5, 5.41) is 3.05. The van der Waals surface area contributed by atoms with Crippen LogP contribution < -0.4 is 5.32 Å². The van der Waals surface area contributed by atoms with Crippen LogP contribution in [0.15, 0.2) is 88.4 Å². The van der Waals surface area contributed by atoms with Crippen LogP contribution in [0.2, 0.25) is 0 Å².